The molecule has 1 rings (SSSR count). The average Bonchev–Trinajstić information content (AvgIpc) is 2.11. The maximum absolute atomic E-state index is 11.4. The number of hydrogen-bond donors (Lipinski definition) is 0. The Balaban J connectivity index is 2.78. The monoisotopic (exact) mass is 196 g/mol. The molecule has 0 spiro atoms. The molecule has 0 aromatic rings. The first-order chi connectivity index (χ1) is 6.44. The van der Waals surface area contributed by atoms with Gasteiger partial charge in [-0.25, -0.2) is 0 Å². The Morgan fingerprint density at radius 1 is 1.57 bits per heavy atom. The minimum absolute atomic E-state index is 0.0444. The van der Waals surface area contributed by atoms with Crippen LogP contribution in [0.1, 0.15) is 40.0 Å². The van der Waals surface area contributed by atoms with Crippen LogP contribution in [0.25, 0.3) is 0 Å². The molecule has 0 aromatic carbocycles. The number of ether oxygens (including phenoxy) is 1. The molecular formula is C11H16O3. The molecule has 0 saturated carbocycles. The van der Waals surface area contributed by atoms with Gasteiger partial charge in [-0.3, -0.25) is 9.59 Å². The van der Waals surface area contributed by atoms with E-state index in [-0.39, 0.29) is 22.9 Å². The highest BCUT2D eigenvalue weighted by Crippen LogP contribution is 2.31. The highest BCUT2D eigenvalue weighted by Gasteiger charge is 2.27. The average molecular weight is 196 g/mol. The van der Waals surface area contributed by atoms with Crippen LogP contribution in [0, 0.1) is 5.41 Å². The summed E-state index contributed by atoms with van der Waals surface area (Å²) in [6.07, 6.45) is 3.34. The summed E-state index contributed by atoms with van der Waals surface area (Å²) in [6, 6.07) is 0. The van der Waals surface area contributed by atoms with Gasteiger partial charge in [0.2, 0.25) is 0 Å². The van der Waals surface area contributed by atoms with Gasteiger partial charge >= 0.3 is 5.97 Å². The standard InChI is InChI=1S/C11H16O3/c1-4-10(13)14-9-7-11(2,3)6-5-8(9)12/h7H,4-6H2,1-3H3. The second kappa shape index (κ2) is 3.95. The lowest BCUT2D eigenvalue weighted by Gasteiger charge is -2.25. The van der Waals surface area contributed by atoms with Gasteiger partial charge in [0.1, 0.15) is 0 Å². The van der Waals surface area contributed by atoms with Crippen LogP contribution in [0.15, 0.2) is 11.8 Å². The van der Waals surface area contributed by atoms with Crippen molar-refractivity contribution >= 4 is 11.8 Å². The van der Waals surface area contributed by atoms with E-state index >= 15 is 0 Å². The molecule has 0 aromatic heterocycles. The summed E-state index contributed by atoms with van der Waals surface area (Å²) < 4.78 is 4.96. The zero-order chi connectivity index (χ0) is 10.8. The van der Waals surface area contributed by atoms with Crippen LogP contribution < -0.4 is 0 Å². The van der Waals surface area contributed by atoms with Crippen LogP contribution in [0.5, 0.6) is 0 Å². The van der Waals surface area contributed by atoms with Crippen molar-refractivity contribution in [1.29, 1.82) is 0 Å². The quantitative estimate of drug-likeness (QED) is 0.636. The molecule has 0 bridgehead atoms. The summed E-state index contributed by atoms with van der Waals surface area (Å²) in [6.45, 7) is 5.76. The van der Waals surface area contributed by atoms with E-state index in [2.05, 4.69) is 0 Å². The maximum atomic E-state index is 11.4. The van der Waals surface area contributed by atoms with Crippen LogP contribution >= 0.6 is 0 Å². The molecule has 3 heteroatoms. The molecule has 1 aliphatic rings. The summed E-state index contributed by atoms with van der Waals surface area (Å²) in [5, 5.41) is 0. The lowest BCUT2D eigenvalue weighted by Crippen LogP contribution is -2.22. The molecule has 1 aliphatic carbocycles. The van der Waals surface area contributed by atoms with Crippen molar-refractivity contribution in [3.63, 3.8) is 0 Å². The largest absolute Gasteiger partial charge is 0.423 e. The van der Waals surface area contributed by atoms with Crippen LogP contribution in [0.2, 0.25) is 0 Å². The van der Waals surface area contributed by atoms with Gasteiger partial charge in [-0.1, -0.05) is 20.8 Å². The Morgan fingerprint density at radius 2 is 2.21 bits per heavy atom. The molecule has 14 heavy (non-hydrogen) atoms. The summed E-state index contributed by atoms with van der Waals surface area (Å²) in [5.74, 6) is -0.179. The van der Waals surface area contributed by atoms with E-state index in [1.807, 2.05) is 13.8 Å². The number of Topliss-reactive ketones (excluding diaryl/α,β-unsaturated/α-hetero) is 1. The van der Waals surface area contributed by atoms with E-state index in [4.69, 9.17) is 4.74 Å². The highest BCUT2D eigenvalue weighted by atomic mass is 16.5. The number of allylic oxidation sites excluding steroid dienone is 2. The van der Waals surface area contributed by atoms with E-state index < -0.39 is 0 Å². The Kier molecular flexibility index (Phi) is 3.09. The summed E-state index contributed by atoms with van der Waals surface area (Å²) in [5.41, 5.74) is -0.0444. The molecule has 0 fully saturated rings. The van der Waals surface area contributed by atoms with Gasteiger partial charge < -0.3 is 4.74 Å². The van der Waals surface area contributed by atoms with Crippen molar-refractivity contribution in [3.05, 3.63) is 11.8 Å². The summed E-state index contributed by atoms with van der Waals surface area (Å²) >= 11 is 0. The highest BCUT2D eigenvalue weighted by molar-refractivity contribution is 5.96. The molecule has 0 heterocycles. The molecule has 3 nitrogen and oxygen atoms in total. The molecule has 0 atom stereocenters. The van der Waals surface area contributed by atoms with Crippen LogP contribution in [0.4, 0.5) is 0 Å². The van der Waals surface area contributed by atoms with Crippen molar-refractivity contribution < 1.29 is 14.3 Å². The van der Waals surface area contributed by atoms with Crippen LogP contribution in [-0.2, 0) is 14.3 Å². The number of rotatable bonds is 2. The van der Waals surface area contributed by atoms with Crippen molar-refractivity contribution in [2.24, 2.45) is 5.41 Å². The summed E-state index contributed by atoms with van der Waals surface area (Å²) in [7, 11) is 0. The first kappa shape index (κ1) is 11.0. The Bertz CT molecular complexity index is 287. The fourth-order valence-electron chi connectivity index (χ4n) is 1.35. The Labute approximate surface area is 84.1 Å². The van der Waals surface area contributed by atoms with Gasteiger partial charge in [-0.05, 0) is 17.9 Å². The molecule has 0 aliphatic heterocycles. The van der Waals surface area contributed by atoms with E-state index in [1.165, 1.54) is 0 Å². The Morgan fingerprint density at radius 3 is 2.79 bits per heavy atom. The van der Waals surface area contributed by atoms with Crippen molar-refractivity contribution in [3.8, 4) is 0 Å². The molecule has 0 radical (unpaired) electrons. The second-order valence-electron chi connectivity index (χ2n) is 4.25. The first-order valence-electron chi connectivity index (χ1n) is 4.91. The van der Waals surface area contributed by atoms with E-state index in [1.54, 1.807) is 13.0 Å². The molecule has 0 unspecified atom stereocenters. The number of carbonyl (C=O) groups excluding carboxylic acids is 2. The van der Waals surface area contributed by atoms with Gasteiger partial charge in [-0.15, -0.1) is 0 Å². The lowest BCUT2D eigenvalue weighted by atomic mass is 9.82. The van der Waals surface area contributed by atoms with Gasteiger partial charge in [0.15, 0.2) is 11.5 Å². The second-order valence-corrected chi connectivity index (χ2v) is 4.25. The number of esters is 1. The number of carbonyl (C=O) groups is 2. The first-order valence-corrected chi connectivity index (χ1v) is 4.91. The maximum Gasteiger partial charge on any atom is 0.311 e. The zero-order valence-electron chi connectivity index (χ0n) is 8.92. The number of hydrogen-bond acceptors (Lipinski definition) is 3. The Hall–Kier alpha value is -1.12. The number of ketones is 1. The van der Waals surface area contributed by atoms with Gasteiger partial charge in [0, 0.05) is 12.8 Å². The van der Waals surface area contributed by atoms with Crippen molar-refractivity contribution in [2.45, 2.75) is 40.0 Å². The van der Waals surface area contributed by atoms with E-state index in [0.29, 0.717) is 12.8 Å². The third-order valence-electron chi connectivity index (χ3n) is 2.31. The fraction of sp³-hybridized carbons (Fsp3) is 0.636. The molecule has 78 valence electrons. The van der Waals surface area contributed by atoms with Crippen LogP contribution in [-0.4, -0.2) is 11.8 Å². The topological polar surface area (TPSA) is 43.4 Å². The van der Waals surface area contributed by atoms with Crippen LogP contribution in [0.3, 0.4) is 0 Å². The fourth-order valence-corrected chi connectivity index (χ4v) is 1.35. The third kappa shape index (κ3) is 2.69. The lowest BCUT2D eigenvalue weighted by molar-refractivity contribution is -0.142. The molecule has 0 saturated heterocycles. The molecule has 0 N–H and O–H groups in total. The van der Waals surface area contributed by atoms with Gasteiger partial charge in [-0.2, -0.15) is 0 Å². The zero-order valence-corrected chi connectivity index (χ0v) is 8.92. The third-order valence-corrected chi connectivity index (χ3v) is 2.31. The van der Waals surface area contributed by atoms with Gasteiger partial charge in [0.05, 0.1) is 0 Å². The van der Waals surface area contributed by atoms with Gasteiger partial charge in [0.25, 0.3) is 0 Å². The smallest absolute Gasteiger partial charge is 0.311 e. The van der Waals surface area contributed by atoms with Crippen molar-refractivity contribution in [1.82, 2.24) is 0 Å². The predicted molar refractivity (Wildman–Crippen MR) is 52.5 cm³/mol. The molecular weight excluding hydrogens is 180 g/mol. The normalized spacial score (nSPS) is 20.2. The van der Waals surface area contributed by atoms with E-state index in [9.17, 15) is 9.59 Å². The summed E-state index contributed by atoms with van der Waals surface area (Å²) in [4.78, 5) is 22.4. The van der Waals surface area contributed by atoms with Crippen molar-refractivity contribution in [2.75, 3.05) is 0 Å². The molecule has 0 amide bonds. The minimum Gasteiger partial charge on any atom is -0.423 e. The predicted octanol–water partition coefficient (Wildman–Crippen LogP) is 2.21. The minimum atomic E-state index is -0.345. The SMILES string of the molecule is CCC(=O)OC1=CC(C)(C)CCC1=O. The van der Waals surface area contributed by atoms with E-state index in [0.717, 1.165) is 6.42 Å².